The van der Waals surface area contributed by atoms with Crippen LogP contribution in [0.2, 0.25) is 0 Å². The predicted molar refractivity (Wildman–Crippen MR) is 83.1 cm³/mol. The molecule has 3 N–H and O–H groups in total. The third-order valence-corrected chi connectivity index (χ3v) is 2.95. The van der Waals surface area contributed by atoms with E-state index in [1.165, 1.54) is 11.0 Å². The van der Waals surface area contributed by atoms with Crippen molar-refractivity contribution in [3.63, 3.8) is 0 Å². The number of aliphatic hydroxyl groups excluding tert-OH is 1. The molecule has 1 heterocycles. The summed E-state index contributed by atoms with van der Waals surface area (Å²) < 4.78 is 13.7. The third-order valence-electron chi connectivity index (χ3n) is 2.95. The summed E-state index contributed by atoms with van der Waals surface area (Å²) in [6.45, 7) is 9.41. The Labute approximate surface area is 129 Å². The average molecular weight is 308 g/mol. The van der Waals surface area contributed by atoms with Gasteiger partial charge < -0.3 is 15.7 Å². The van der Waals surface area contributed by atoms with Gasteiger partial charge in [-0.05, 0) is 32.4 Å². The summed E-state index contributed by atoms with van der Waals surface area (Å²) in [5, 5.41) is 9.40. The fraction of sp³-hybridized carbons (Fsp3) is 0.400. The van der Waals surface area contributed by atoms with Crippen molar-refractivity contribution in [1.82, 2.24) is 14.9 Å². The highest BCUT2D eigenvalue weighted by molar-refractivity contribution is 5.95. The van der Waals surface area contributed by atoms with Gasteiger partial charge in [0.1, 0.15) is 5.69 Å². The first-order valence-corrected chi connectivity index (χ1v) is 6.89. The molecule has 1 aromatic heterocycles. The molecular weight excluding hydrogens is 287 g/mol. The lowest BCUT2D eigenvalue weighted by Gasteiger charge is -2.22. The summed E-state index contributed by atoms with van der Waals surface area (Å²) in [6, 6.07) is 0. The maximum absolute atomic E-state index is 13.7. The molecule has 0 aromatic carbocycles. The number of rotatable bonds is 6. The maximum atomic E-state index is 13.7. The lowest BCUT2D eigenvalue weighted by molar-refractivity contribution is -0.128. The van der Waals surface area contributed by atoms with Gasteiger partial charge in [-0.25, -0.2) is 14.4 Å². The predicted octanol–water partition coefficient (Wildman–Crippen LogP) is 1.39. The second-order valence-electron chi connectivity index (χ2n) is 4.97. The molecule has 1 atom stereocenters. The Morgan fingerprint density at radius 3 is 2.82 bits per heavy atom. The highest BCUT2D eigenvalue weighted by Crippen LogP contribution is 2.18. The van der Waals surface area contributed by atoms with E-state index >= 15 is 0 Å². The van der Waals surface area contributed by atoms with Crippen LogP contribution >= 0.6 is 0 Å². The number of hydrogen-bond donors (Lipinski definition) is 2. The van der Waals surface area contributed by atoms with E-state index in [4.69, 9.17) is 5.73 Å². The fourth-order valence-corrected chi connectivity index (χ4v) is 1.92. The van der Waals surface area contributed by atoms with Crippen LogP contribution in [-0.4, -0.2) is 45.1 Å². The minimum Gasteiger partial charge on any atom is -0.392 e. The number of anilines is 1. The van der Waals surface area contributed by atoms with Gasteiger partial charge in [-0.15, -0.1) is 0 Å². The van der Waals surface area contributed by atoms with Gasteiger partial charge in [0.15, 0.2) is 5.82 Å². The number of hydrogen-bond acceptors (Lipinski definition) is 5. The molecule has 0 bridgehead atoms. The van der Waals surface area contributed by atoms with E-state index in [9.17, 15) is 14.3 Å². The van der Waals surface area contributed by atoms with Crippen LogP contribution in [0.1, 0.15) is 26.5 Å². The van der Waals surface area contributed by atoms with Gasteiger partial charge in [0, 0.05) is 18.7 Å². The zero-order valence-corrected chi connectivity index (χ0v) is 13.0. The Morgan fingerprint density at radius 2 is 2.27 bits per heavy atom. The van der Waals surface area contributed by atoms with Crippen LogP contribution in [0.3, 0.4) is 0 Å². The lowest BCUT2D eigenvalue weighted by atomic mass is 10.1. The number of aromatic nitrogens is 2. The van der Waals surface area contributed by atoms with Gasteiger partial charge in [0.25, 0.3) is 0 Å². The van der Waals surface area contributed by atoms with Crippen LogP contribution in [0, 0.1) is 5.82 Å². The van der Waals surface area contributed by atoms with E-state index in [0.717, 1.165) is 6.20 Å². The van der Waals surface area contributed by atoms with Crippen LogP contribution in [0.25, 0.3) is 5.57 Å². The number of halogens is 1. The molecule has 120 valence electrons. The maximum Gasteiger partial charge on any atom is 0.249 e. The molecule has 22 heavy (non-hydrogen) atoms. The van der Waals surface area contributed by atoms with Crippen LogP contribution in [0.4, 0.5) is 10.3 Å². The first-order valence-electron chi connectivity index (χ1n) is 6.89. The molecule has 1 unspecified atom stereocenters. The SMILES string of the molecule is C=C(/C=C(\C)C(=O)N(CC)CC(C)O)c1nc(N)ncc1F. The summed E-state index contributed by atoms with van der Waals surface area (Å²) >= 11 is 0. The van der Waals surface area contributed by atoms with Crippen molar-refractivity contribution in [3.05, 3.63) is 35.9 Å². The molecule has 0 radical (unpaired) electrons. The number of nitrogens with zero attached hydrogens (tertiary/aromatic N) is 3. The molecule has 1 aromatic rings. The van der Waals surface area contributed by atoms with Crippen molar-refractivity contribution < 1.29 is 14.3 Å². The summed E-state index contributed by atoms with van der Waals surface area (Å²) in [4.78, 5) is 21.1. The van der Waals surface area contributed by atoms with Crippen LogP contribution < -0.4 is 5.73 Å². The Hall–Kier alpha value is -2.28. The van der Waals surface area contributed by atoms with Crippen LogP contribution in [-0.2, 0) is 4.79 Å². The van der Waals surface area contributed by atoms with Gasteiger partial charge in [0.05, 0.1) is 12.3 Å². The van der Waals surface area contributed by atoms with Gasteiger partial charge in [-0.2, -0.15) is 0 Å². The van der Waals surface area contributed by atoms with Gasteiger partial charge >= 0.3 is 0 Å². The Balaban J connectivity index is 2.97. The molecule has 7 heteroatoms. The topological polar surface area (TPSA) is 92.3 Å². The van der Waals surface area contributed by atoms with E-state index < -0.39 is 11.9 Å². The van der Waals surface area contributed by atoms with Crippen molar-refractivity contribution in [1.29, 1.82) is 0 Å². The van der Waals surface area contributed by atoms with Crippen molar-refractivity contribution in [3.8, 4) is 0 Å². The second kappa shape index (κ2) is 7.65. The molecule has 0 aliphatic heterocycles. The highest BCUT2D eigenvalue weighted by Gasteiger charge is 2.16. The Morgan fingerprint density at radius 1 is 1.64 bits per heavy atom. The van der Waals surface area contributed by atoms with Crippen molar-refractivity contribution in [2.45, 2.75) is 26.9 Å². The van der Waals surface area contributed by atoms with Crippen LogP contribution in [0.5, 0.6) is 0 Å². The van der Waals surface area contributed by atoms with E-state index in [0.29, 0.717) is 12.1 Å². The molecule has 6 nitrogen and oxygen atoms in total. The monoisotopic (exact) mass is 308 g/mol. The van der Waals surface area contributed by atoms with Crippen molar-refractivity contribution in [2.24, 2.45) is 0 Å². The molecule has 0 saturated heterocycles. The second-order valence-corrected chi connectivity index (χ2v) is 4.97. The normalized spacial score (nSPS) is 12.9. The molecule has 0 spiro atoms. The number of carbonyl (C=O) groups is 1. The number of nitrogen functional groups attached to an aromatic ring is 1. The number of amides is 1. The first kappa shape index (κ1) is 17.8. The Bertz CT molecular complexity index is 599. The van der Waals surface area contributed by atoms with Gasteiger partial charge in [-0.1, -0.05) is 6.58 Å². The van der Waals surface area contributed by atoms with E-state index in [2.05, 4.69) is 16.5 Å². The third kappa shape index (κ3) is 4.63. The highest BCUT2D eigenvalue weighted by atomic mass is 19.1. The molecule has 0 aliphatic rings. The molecule has 0 saturated carbocycles. The Kier molecular flexibility index (Phi) is 6.18. The lowest BCUT2D eigenvalue weighted by Crippen LogP contribution is -2.36. The minimum absolute atomic E-state index is 0.0433. The van der Waals surface area contributed by atoms with E-state index in [1.54, 1.807) is 13.8 Å². The average Bonchev–Trinajstić information content (AvgIpc) is 2.46. The first-order chi connectivity index (χ1) is 10.3. The number of allylic oxidation sites excluding steroid dienone is 2. The van der Waals surface area contributed by atoms with Gasteiger partial charge in [0.2, 0.25) is 11.9 Å². The van der Waals surface area contributed by atoms with Crippen molar-refractivity contribution >= 4 is 17.4 Å². The zero-order chi connectivity index (χ0) is 16.9. The molecular formula is C15H21FN4O2. The fourth-order valence-electron chi connectivity index (χ4n) is 1.92. The molecule has 1 amide bonds. The summed E-state index contributed by atoms with van der Waals surface area (Å²) in [5.74, 6) is -0.988. The van der Waals surface area contributed by atoms with E-state index in [1.807, 2.05) is 6.92 Å². The summed E-state index contributed by atoms with van der Waals surface area (Å²) in [6.07, 6.45) is 1.77. The van der Waals surface area contributed by atoms with Gasteiger partial charge in [-0.3, -0.25) is 4.79 Å². The number of likely N-dealkylation sites (N-methyl/N-ethyl adjacent to an activating group) is 1. The smallest absolute Gasteiger partial charge is 0.249 e. The summed E-state index contributed by atoms with van der Waals surface area (Å²) in [7, 11) is 0. The molecule has 1 rings (SSSR count). The van der Waals surface area contributed by atoms with E-state index in [-0.39, 0.29) is 29.7 Å². The zero-order valence-electron chi connectivity index (χ0n) is 13.0. The summed E-state index contributed by atoms with van der Waals surface area (Å²) in [5.41, 5.74) is 5.98. The standard InChI is InChI=1S/C15H21FN4O2/c1-5-20(8-11(4)21)14(22)10(3)6-9(2)13-12(16)7-18-15(17)19-13/h6-7,11,21H,2,5,8H2,1,3-4H3,(H2,17,18,19)/b10-6+. The number of carbonyl (C=O) groups excluding carboxylic acids is 1. The molecule has 0 aliphatic carbocycles. The largest absolute Gasteiger partial charge is 0.392 e. The number of aliphatic hydroxyl groups is 1. The van der Waals surface area contributed by atoms with Crippen LogP contribution in [0.15, 0.2) is 24.4 Å². The minimum atomic E-state index is -0.660. The quantitative estimate of drug-likeness (QED) is 0.612. The number of nitrogens with two attached hydrogens (primary N) is 1. The molecule has 0 fully saturated rings. The van der Waals surface area contributed by atoms with Crippen molar-refractivity contribution in [2.75, 3.05) is 18.8 Å².